The molecule has 132 valence electrons. The van der Waals surface area contributed by atoms with Gasteiger partial charge in [-0.25, -0.2) is 14.4 Å². The maximum absolute atomic E-state index is 13.0. The molecule has 1 heterocycles. The van der Waals surface area contributed by atoms with Gasteiger partial charge < -0.3 is 0 Å². The summed E-state index contributed by atoms with van der Waals surface area (Å²) >= 11 is 0. The van der Waals surface area contributed by atoms with Crippen LogP contribution < -0.4 is 0 Å². The molecular weight excluding hydrogens is 323 g/mol. The molecule has 2 aromatic carbocycles. The predicted octanol–water partition coefficient (Wildman–Crippen LogP) is 6.24. The lowest BCUT2D eigenvalue weighted by atomic mass is 9.79. The number of aromatic nitrogens is 2. The van der Waals surface area contributed by atoms with E-state index in [0.29, 0.717) is 11.7 Å². The fraction of sp³-hybridized carbons (Fsp3) is 0.304. The summed E-state index contributed by atoms with van der Waals surface area (Å²) in [5.41, 5.74) is 4.40. The van der Waals surface area contributed by atoms with E-state index in [-0.39, 0.29) is 5.82 Å². The van der Waals surface area contributed by atoms with Gasteiger partial charge in [0, 0.05) is 23.5 Å². The molecule has 1 aromatic heterocycles. The van der Waals surface area contributed by atoms with Crippen molar-refractivity contribution < 1.29 is 4.39 Å². The molecule has 0 N–H and O–H groups in total. The van der Waals surface area contributed by atoms with Crippen molar-refractivity contribution in [2.75, 3.05) is 0 Å². The van der Waals surface area contributed by atoms with Crippen molar-refractivity contribution in [1.29, 1.82) is 0 Å². The number of benzene rings is 2. The number of nitrogens with zero attached hydrogens (tertiary/aromatic N) is 2. The molecule has 3 aromatic rings. The minimum Gasteiger partial charge on any atom is -0.236 e. The van der Waals surface area contributed by atoms with E-state index in [0.717, 1.165) is 22.6 Å². The molecule has 0 saturated heterocycles. The SMILES string of the molecule is CC1CCC(c2ccc(-c3cnc(-c4ccc(F)cc4)nc3)cc2)CC1. The van der Waals surface area contributed by atoms with Gasteiger partial charge in [-0.3, -0.25) is 0 Å². The first kappa shape index (κ1) is 16.9. The van der Waals surface area contributed by atoms with Gasteiger partial charge in [-0.15, -0.1) is 0 Å². The van der Waals surface area contributed by atoms with Crippen molar-refractivity contribution in [2.24, 2.45) is 5.92 Å². The number of halogens is 1. The molecule has 4 rings (SSSR count). The van der Waals surface area contributed by atoms with Gasteiger partial charge in [0.25, 0.3) is 0 Å². The van der Waals surface area contributed by atoms with Crippen molar-refractivity contribution in [3.05, 3.63) is 72.3 Å². The van der Waals surface area contributed by atoms with Crippen molar-refractivity contribution in [2.45, 2.75) is 38.5 Å². The highest BCUT2D eigenvalue weighted by molar-refractivity contribution is 5.64. The molecule has 3 heteroatoms. The zero-order valence-corrected chi connectivity index (χ0v) is 15.0. The molecule has 0 aliphatic heterocycles. The van der Waals surface area contributed by atoms with Gasteiger partial charge in [-0.1, -0.05) is 44.0 Å². The van der Waals surface area contributed by atoms with Crippen molar-refractivity contribution >= 4 is 0 Å². The Bertz CT molecular complexity index is 846. The number of hydrogen-bond donors (Lipinski definition) is 0. The molecule has 26 heavy (non-hydrogen) atoms. The number of hydrogen-bond acceptors (Lipinski definition) is 2. The third-order valence-electron chi connectivity index (χ3n) is 5.49. The molecule has 0 unspecified atom stereocenters. The number of rotatable bonds is 3. The second-order valence-corrected chi connectivity index (χ2v) is 7.38. The summed E-state index contributed by atoms with van der Waals surface area (Å²) in [6, 6.07) is 15.1. The Morgan fingerprint density at radius 3 is 1.92 bits per heavy atom. The summed E-state index contributed by atoms with van der Waals surface area (Å²) in [7, 11) is 0. The Morgan fingerprint density at radius 2 is 1.31 bits per heavy atom. The van der Waals surface area contributed by atoms with Crippen LogP contribution in [0.15, 0.2) is 60.9 Å². The molecule has 0 radical (unpaired) electrons. The lowest BCUT2D eigenvalue weighted by Crippen LogP contribution is -2.10. The highest BCUT2D eigenvalue weighted by atomic mass is 19.1. The second-order valence-electron chi connectivity index (χ2n) is 7.38. The Kier molecular flexibility index (Phi) is 4.79. The highest BCUT2D eigenvalue weighted by Crippen LogP contribution is 2.36. The smallest absolute Gasteiger partial charge is 0.159 e. The van der Waals surface area contributed by atoms with Crippen molar-refractivity contribution in [3.8, 4) is 22.5 Å². The van der Waals surface area contributed by atoms with Crippen LogP contribution in [0.5, 0.6) is 0 Å². The lowest BCUT2D eigenvalue weighted by Gasteiger charge is -2.26. The third kappa shape index (κ3) is 3.67. The zero-order valence-electron chi connectivity index (χ0n) is 15.0. The lowest BCUT2D eigenvalue weighted by molar-refractivity contribution is 0.348. The van der Waals surface area contributed by atoms with Gasteiger partial charge in [0.15, 0.2) is 5.82 Å². The molecular formula is C23H23FN2. The van der Waals surface area contributed by atoms with E-state index in [4.69, 9.17) is 0 Å². The van der Waals surface area contributed by atoms with E-state index in [1.54, 1.807) is 12.1 Å². The Balaban J connectivity index is 1.50. The Morgan fingerprint density at radius 1 is 0.731 bits per heavy atom. The van der Waals surface area contributed by atoms with Gasteiger partial charge in [0.2, 0.25) is 0 Å². The van der Waals surface area contributed by atoms with Crippen LogP contribution in [-0.2, 0) is 0 Å². The van der Waals surface area contributed by atoms with E-state index in [1.165, 1.54) is 43.4 Å². The maximum Gasteiger partial charge on any atom is 0.159 e. The topological polar surface area (TPSA) is 25.8 Å². The van der Waals surface area contributed by atoms with E-state index in [2.05, 4.69) is 41.2 Å². The normalized spacial score (nSPS) is 20.1. The molecule has 1 saturated carbocycles. The average Bonchev–Trinajstić information content (AvgIpc) is 2.70. The molecule has 0 spiro atoms. The summed E-state index contributed by atoms with van der Waals surface area (Å²) in [5, 5.41) is 0. The molecule has 2 nitrogen and oxygen atoms in total. The van der Waals surface area contributed by atoms with Crippen LogP contribution in [0.2, 0.25) is 0 Å². The summed E-state index contributed by atoms with van der Waals surface area (Å²) in [4.78, 5) is 8.88. The van der Waals surface area contributed by atoms with Crippen LogP contribution in [0.25, 0.3) is 22.5 Å². The largest absolute Gasteiger partial charge is 0.236 e. The van der Waals surface area contributed by atoms with Crippen LogP contribution in [-0.4, -0.2) is 9.97 Å². The first-order chi connectivity index (χ1) is 12.7. The second kappa shape index (κ2) is 7.36. The van der Waals surface area contributed by atoms with Gasteiger partial charge in [-0.05, 0) is 60.1 Å². The maximum atomic E-state index is 13.0. The first-order valence-corrected chi connectivity index (χ1v) is 9.37. The fourth-order valence-corrected chi connectivity index (χ4v) is 3.77. The minimum absolute atomic E-state index is 0.252. The van der Waals surface area contributed by atoms with E-state index < -0.39 is 0 Å². The highest BCUT2D eigenvalue weighted by Gasteiger charge is 2.19. The Hall–Kier alpha value is -2.55. The van der Waals surface area contributed by atoms with Crippen LogP contribution in [0.1, 0.15) is 44.1 Å². The molecule has 1 fully saturated rings. The van der Waals surface area contributed by atoms with Gasteiger partial charge in [0.1, 0.15) is 5.82 Å². The Labute approximate surface area is 154 Å². The summed E-state index contributed by atoms with van der Waals surface area (Å²) in [5.74, 6) is 1.94. The summed E-state index contributed by atoms with van der Waals surface area (Å²) in [6.07, 6.45) is 8.95. The zero-order chi connectivity index (χ0) is 17.9. The van der Waals surface area contributed by atoms with Crippen LogP contribution in [0, 0.1) is 11.7 Å². The van der Waals surface area contributed by atoms with Crippen LogP contribution in [0.4, 0.5) is 4.39 Å². The van der Waals surface area contributed by atoms with E-state index in [9.17, 15) is 4.39 Å². The average molecular weight is 346 g/mol. The molecule has 0 atom stereocenters. The van der Waals surface area contributed by atoms with Gasteiger partial charge >= 0.3 is 0 Å². The molecule has 0 bridgehead atoms. The van der Waals surface area contributed by atoms with Gasteiger partial charge in [-0.2, -0.15) is 0 Å². The van der Waals surface area contributed by atoms with E-state index >= 15 is 0 Å². The standard InChI is InChI=1S/C23H23FN2/c1-16-2-4-17(5-3-16)18-6-8-19(9-7-18)21-14-25-23(26-15-21)20-10-12-22(24)13-11-20/h6-17H,2-5H2,1H3. The monoisotopic (exact) mass is 346 g/mol. The fourth-order valence-electron chi connectivity index (χ4n) is 3.77. The first-order valence-electron chi connectivity index (χ1n) is 9.37. The quantitative estimate of drug-likeness (QED) is 0.561. The third-order valence-corrected chi connectivity index (χ3v) is 5.49. The van der Waals surface area contributed by atoms with E-state index in [1.807, 2.05) is 12.4 Å². The summed E-state index contributed by atoms with van der Waals surface area (Å²) < 4.78 is 13.0. The minimum atomic E-state index is -0.252. The summed E-state index contributed by atoms with van der Waals surface area (Å²) in [6.45, 7) is 2.36. The van der Waals surface area contributed by atoms with Crippen LogP contribution in [0.3, 0.4) is 0 Å². The van der Waals surface area contributed by atoms with Crippen LogP contribution >= 0.6 is 0 Å². The van der Waals surface area contributed by atoms with Crippen molar-refractivity contribution in [3.63, 3.8) is 0 Å². The predicted molar refractivity (Wildman–Crippen MR) is 103 cm³/mol. The molecule has 1 aliphatic carbocycles. The molecule has 1 aliphatic rings. The molecule has 0 amide bonds. The van der Waals surface area contributed by atoms with Crippen molar-refractivity contribution in [1.82, 2.24) is 9.97 Å². The van der Waals surface area contributed by atoms with Gasteiger partial charge in [0.05, 0.1) is 0 Å².